The fraction of sp³-hybridized carbons (Fsp3) is 0.833. The average Bonchev–Trinajstić information content (AvgIpc) is 2.12. The molecular formula is C12H23NO5S. The van der Waals surface area contributed by atoms with E-state index in [1.807, 2.05) is 13.8 Å². The van der Waals surface area contributed by atoms with E-state index in [1.54, 1.807) is 0 Å². The zero-order chi connectivity index (χ0) is 15.4. The lowest BCUT2D eigenvalue weighted by Crippen LogP contribution is -2.46. The second-order valence-corrected chi connectivity index (χ2v) is 8.70. The van der Waals surface area contributed by atoms with Crippen LogP contribution in [0.15, 0.2) is 0 Å². The molecule has 0 aliphatic heterocycles. The topological polar surface area (TPSA) is 101 Å². The number of hydrogen-bond donors (Lipinski definition) is 2. The van der Waals surface area contributed by atoms with Gasteiger partial charge in [-0.3, -0.25) is 4.79 Å². The Kier molecular flexibility index (Phi) is 5.99. The minimum Gasteiger partial charge on any atom is -0.480 e. The van der Waals surface area contributed by atoms with E-state index in [9.17, 15) is 18.0 Å². The highest BCUT2D eigenvalue weighted by Gasteiger charge is 2.32. The van der Waals surface area contributed by atoms with Crippen LogP contribution in [-0.4, -0.2) is 41.9 Å². The zero-order valence-electron chi connectivity index (χ0n) is 12.1. The van der Waals surface area contributed by atoms with Crippen LogP contribution in [-0.2, 0) is 19.4 Å². The maximum absolute atomic E-state index is 11.8. The number of rotatable bonds is 6. The van der Waals surface area contributed by atoms with Gasteiger partial charge in [0.15, 0.2) is 9.84 Å². The average molecular weight is 293 g/mol. The van der Waals surface area contributed by atoms with Crippen LogP contribution in [0.25, 0.3) is 0 Å². The molecule has 1 amide bonds. The Balaban J connectivity index is 4.74. The van der Waals surface area contributed by atoms with Crippen LogP contribution in [0.1, 0.15) is 41.0 Å². The van der Waals surface area contributed by atoms with Crippen molar-refractivity contribution in [2.75, 3.05) is 5.75 Å². The van der Waals surface area contributed by atoms with Gasteiger partial charge in [0, 0.05) is 0 Å². The molecule has 1 atom stereocenters. The molecule has 1 unspecified atom stereocenters. The number of carbonyl (C=O) groups is 2. The van der Waals surface area contributed by atoms with Crippen LogP contribution in [0.3, 0.4) is 0 Å². The number of aliphatic carboxylic acids is 1. The van der Waals surface area contributed by atoms with Crippen molar-refractivity contribution in [1.29, 1.82) is 0 Å². The van der Waals surface area contributed by atoms with Gasteiger partial charge in [0.25, 0.3) is 0 Å². The molecule has 0 saturated carbocycles. The predicted molar refractivity (Wildman–Crippen MR) is 72.6 cm³/mol. The number of carboxylic acids is 1. The minimum atomic E-state index is -3.60. The second-order valence-electron chi connectivity index (χ2n) is 5.96. The Morgan fingerprint density at radius 3 is 2.00 bits per heavy atom. The summed E-state index contributed by atoms with van der Waals surface area (Å²) < 4.78 is 22.6. The highest BCUT2D eigenvalue weighted by molar-refractivity contribution is 7.93. The molecule has 7 heteroatoms. The molecule has 112 valence electrons. The molecule has 0 bridgehead atoms. The fourth-order valence-corrected chi connectivity index (χ4v) is 2.18. The summed E-state index contributed by atoms with van der Waals surface area (Å²) in [5, 5.41) is 11.2. The van der Waals surface area contributed by atoms with Crippen molar-refractivity contribution in [3.8, 4) is 0 Å². The van der Waals surface area contributed by atoms with Crippen molar-refractivity contribution in [3.05, 3.63) is 0 Å². The van der Waals surface area contributed by atoms with Gasteiger partial charge in [-0.1, -0.05) is 13.8 Å². The van der Waals surface area contributed by atoms with Crippen molar-refractivity contribution in [2.24, 2.45) is 5.92 Å². The van der Waals surface area contributed by atoms with E-state index in [0.29, 0.717) is 0 Å². The molecule has 19 heavy (non-hydrogen) atoms. The molecule has 0 fully saturated rings. The van der Waals surface area contributed by atoms with Crippen molar-refractivity contribution >= 4 is 21.7 Å². The number of sulfone groups is 1. The van der Waals surface area contributed by atoms with Gasteiger partial charge < -0.3 is 10.4 Å². The van der Waals surface area contributed by atoms with E-state index in [-0.39, 0.29) is 12.3 Å². The maximum atomic E-state index is 11.8. The molecule has 0 spiro atoms. The number of amides is 1. The monoisotopic (exact) mass is 293 g/mol. The molecule has 0 radical (unpaired) electrons. The Bertz CT molecular complexity index is 434. The maximum Gasteiger partial charge on any atom is 0.326 e. The van der Waals surface area contributed by atoms with Gasteiger partial charge in [-0.25, -0.2) is 13.2 Å². The molecule has 0 heterocycles. The van der Waals surface area contributed by atoms with E-state index in [4.69, 9.17) is 5.11 Å². The summed E-state index contributed by atoms with van der Waals surface area (Å²) in [6.07, 6.45) is 0.261. The first-order valence-electron chi connectivity index (χ1n) is 6.11. The summed E-state index contributed by atoms with van der Waals surface area (Å²) in [6.45, 7) is 8.15. The SMILES string of the molecule is CC(C)CC(NC(=O)CS(=O)(=O)C(C)(C)C)C(=O)O. The lowest BCUT2D eigenvalue weighted by Gasteiger charge is -2.20. The van der Waals surface area contributed by atoms with E-state index in [0.717, 1.165) is 0 Å². The molecular weight excluding hydrogens is 270 g/mol. The predicted octanol–water partition coefficient (Wildman–Crippen LogP) is 0.815. The second kappa shape index (κ2) is 6.36. The van der Waals surface area contributed by atoms with Gasteiger partial charge in [0.2, 0.25) is 5.91 Å². The quantitative estimate of drug-likeness (QED) is 0.755. The highest BCUT2D eigenvalue weighted by atomic mass is 32.2. The zero-order valence-corrected chi connectivity index (χ0v) is 12.9. The standard InChI is InChI=1S/C12H23NO5S/c1-8(2)6-9(11(15)16)13-10(14)7-19(17,18)12(3,4)5/h8-9H,6-7H2,1-5H3,(H,13,14)(H,15,16). The van der Waals surface area contributed by atoms with Crippen molar-refractivity contribution in [2.45, 2.75) is 51.8 Å². The third-order valence-electron chi connectivity index (χ3n) is 2.59. The van der Waals surface area contributed by atoms with E-state index in [1.165, 1.54) is 20.8 Å². The first-order valence-corrected chi connectivity index (χ1v) is 7.76. The summed E-state index contributed by atoms with van der Waals surface area (Å²) in [6, 6.07) is -1.05. The smallest absolute Gasteiger partial charge is 0.326 e. The third-order valence-corrected chi connectivity index (χ3v) is 5.10. The highest BCUT2D eigenvalue weighted by Crippen LogP contribution is 2.15. The van der Waals surface area contributed by atoms with Crippen LogP contribution in [0.4, 0.5) is 0 Å². The summed E-state index contributed by atoms with van der Waals surface area (Å²) >= 11 is 0. The fourth-order valence-electron chi connectivity index (χ4n) is 1.32. The van der Waals surface area contributed by atoms with Crippen molar-refractivity contribution in [1.82, 2.24) is 5.32 Å². The van der Waals surface area contributed by atoms with Crippen LogP contribution in [0.5, 0.6) is 0 Å². The molecule has 0 rings (SSSR count). The Labute approximate surface area is 114 Å². The van der Waals surface area contributed by atoms with Gasteiger partial charge in [-0.15, -0.1) is 0 Å². The van der Waals surface area contributed by atoms with E-state index >= 15 is 0 Å². The summed E-state index contributed by atoms with van der Waals surface area (Å²) in [4.78, 5) is 22.6. The van der Waals surface area contributed by atoms with Gasteiger partial charge in [0.05, 0.1) is 4.75 Å². The molecule has 0 aliphatic carbocycles. The summed E-state index contributed by atoms with van der Waals surface area (Å²) in [7, 11) is -3.60. The van der Waals surface area contributed by atoms with Gasteiger partial charge in [-0.2, -0.15) is 0 Å². The number of nitrogens with one attached hydrogen (secondary N) is 1. The Morgan fingerprint density at radius 1 is 1.21 bits per heavy atom. The van der Waals surface area contributed by atoms with Crippen molar-refractivity contribution in [3.63, 3.8) is 0 Å². The first-order chi connectivity index (χ1) is 8.36. The van der Waals surface area contributed by atoms with Crippen LogP contribution in [0, 0.1) is 5.92 Å². The van der Waals surface area contributed by atoms with Crippen LogP contribution >= 0.6 is 0 Å². The lowest BCUT2D eigenvalue weighted by atomic mass is 10.0. The molecule has 0 aromatic heterocycles. The first kappa shape index (κ1) is 17.9. The normalized spacial score (nSPS) is 14.2. The van der Waals surface area contributed by atoms with Crippen LogP contribution < -0.4 is 5.32 Å². The number of carbonyl (C=O) groups excluding carboxylic acids is 1. The van der Waals surface area contributed by atoms with E-state index < -0.39 is 38.3 Å². The summed E-state index contributed by atoms with van der Waals surface area (Å²) in [5.74, 6) is -2.54. The minimum absolute atomic E-state index is 0.0839. The number of hydrogen-bond acceptors (Lipinski definition) is 4. The summed E-state index contributed by atoms with van der Waals surface area (Å²) in [5.41, 5.74) is 0. The molecule has 6 nitrogen and oxygen atoms in total. The van der Waals surface area contributed by atoms with Crippen LogP contribution in [0.2, 0.25) is 0 Å². The largest absolute Gasteiger partial charge is 0.480 e. The number of carboxylic acid groups (broad SMARTS) is 1. The van der Waals surface area contributed by atoms with E-state index in [2.05, 4.69) is 5.32 Å². The van der Waals surface area contributed by atoms with Crippen molar-refractivity contribution < 1.29 is 23.1 Å². The lowest BCUT2D eigenvalue weighted by molar-refractivity contribution is -0.141. The molecule has 0 saturated heterocycles. The Hall–Kier alpha value is -1.11. The Morgan fingerprint density at radius 2 is 1.68 bits per heavy atom. The van der Waals surface area contributed by atoms with Gasteiger partial charge in [-0.05, 0) is 33.1 Å². The van der Waals surface area contributed by atoms with Gasteiger partial charge in [0.1, 0.15) is 11.8 Å². The molecule has 0 aromatic rings. The molecule has 2 N–H and O–H groups in total. The molecule has 0 aromatic carbocycles. The third kappa shape index (κ3) is 6.04. The van der Waals surface area contributed by atoms with Gasteiger partial charge >= 0.3 is 5.97 Å². The molecule has 0 aliphatic rings.